The quantitative estimate of drug-likeness (QED) is 0.0265. The lowest BCUT2D eigenvalue weighted by molar-refractivity contribution is -0.138. The van der Waals surface area contributed by atoms with Crippen LogP contribution in [0.4, 0.5) is 19.2 Å². The third kappa shape index (κ3) is 27.0. The number of rotatable bonds is 27. The average Bonchev–Trinajstić information content (AvgIpc) is 3.06. The summed E-state index contributed by atoms with van der Waals surface area (Å²) in [6, 6.07) is -0.123. The van der Waals surface area contributed by atoms with Crippen molar-refractivity contribution in [1.82, 2.24) is 26.6 Å². The Morgan fingerprint density at radius 3 is 1.75 bits per heavy atom. The van der Waals surface area contributed by atoms with Crippen LogP contribution in [0.2, 0.25) is 0 Å². The molecule has 0 saturated carbocycles. The summed E-state index contributed by atoms with van der Waals surface area (Å²) in [5.41, 5.74) is -0.184. The lowest BCUT2D eigenvalue weighted by Gasteiger charge is -2.28. The maximum Gasteiger partial charge on any atom is 0.407 e. The van der Waals surface area contributed by atoms with Gasteiger partial charge in [0.2, 0.25) is 0 Å². The Labute approximate surface area is 313 Å². The zero-order valence-electron chi connectivity index (χ0n) is 33.6. The normalized spacial score (nSPS) is 13.7. The molecule has 5 amide bonds. The van der Waals surface area contributed by atoms with Crippen molar-refractivity contribution in [2.24, 2.45) is 28.6 Å². The van der Waals surface area contributed by atoms with Crippen LogP contribution in [0, 0.1) is 28.6 Å². The molecular weight excluding hydrogens is 670 g/mol. The number of carbonyl (C=O) groups is 5. The molecule has 14 nitrogen and oxygen atoms in total. The van der Waals surface area contributed by atoms with Gasteiger partial charge in [-0.25, -0.2) is 24.0 Å². The molecular formula is C38H71N5O9. The van der Waals surface area contributed by atoms with Gasteiger partial charge < -0.3 is 45.5 Å². The topological polar surface area (TPSA) is 182 Å². The Balaban J connectivity index is 4.19. The number of ether oxygens (including phenoxy) is 4. The van der Waals surface area contributed by atoms with E-state index in [-0.39, 0.29) is 48.5 Å². The summed E-state index contributed by atoms with van der Waals surface area (Å²) in [6.45, 7) is 24.2. The maximum absolute atomic E-state index is 12.3. The zero-order valence-corrected chi connectivity index (χ0v) is 33.6. The Kier molecular flexibility index (Phi) is 25.1. The molecule has 14 heteroatoms. The van der Waals surface area contributed by atoms with Gasteiger partial charge >= 0.3 is 30.3 Å². The first-order valence-corrected chi connectivity index (χ1v) is 19.0. The van der Waals surface area contributed by atoms with Gasteiger partial charge in [0.15, 0.2) is 0 Å². The molecule has 4 atom stereocenters. The Bertz CT molecular complexity index is 1070. The van der Waals surface area contributed by atoms with Crippen molar-refractivity contribution in [3.8, 4) is 0 Å². The highest BCUT2D eigenvalue weighted by atomic mass is 16.6. The molecule has 0 bridgehead atoms. The van der Waals surface area contributed by atoms with Crippen LogP contribution in [0.25, 0.3) is 0 Å². The summed E-state index contributed by atoms with van der Waals surface area (Å²) >= 11 is 0. The molecule has 0 aliphatic carbocycles. The number of urea groups is 1. The molecule has 4 unspecified atom stereocenters. The lowest BCUT2D eigenvalue weighted by Crippen LogP contribution is -2.40. The molecule has 0 radical (unpaired) electrons. The Hall–Kier alpha value is -3.71. The third-order valence-electron chi connectivity index (χ3n) is 8.73. The average molecular weight is 742 g/mol. The van der Waals surface area contributed by atoms with Gasteiger partial charge in [0, 0.05) is 38.8 Å². The number of alkyl carbamates (subject to hydrolysis) is 3. The molecule has 5 N–H and O–H groups in total. The van der Waals surface area contributed by atoms with E-state index in [1.165, 1.54) is 6.42 Å². The first-order chi connectivity index (χ1) is 24.4. The van der Waals surface area contributed by atoms with E-state index >= 15 is 0 Å². The van der Waals surface area contributed by atoms with Gasteiger partial charge in [-0.2, -0.15) is 0 Å². The second kappa shape index (κ2) is 27.0. The van der Waals surface area contributed by atoms with Crippen molar-refractivity contribution in [1.29, 1.82) is 0 Å². The number of hydrogen-bond donors (Lipinski definition) is 5. The van der Waals surface area contributed by atoms with Crippen molar-refractivity contribution < 1.29 is 42.9 Å². The minimum atomic E-state index is -0.636. The van der Waals surface area contributed by atoms with Crippen LogP contribution in [0.15, 0.2) is 12.7 Å². The monoisotopic (exact) mass is 742 g/mol. The van der Waals surface area contributed by atoms with E-state index in [1.807, 2.05) is 6.92 Å². The largest absolute Gasteiger partial charge is 0.459 e. The predicted molar refractivity (Wildman–Crippen MR) is 203 cm³/mol. The SMILES string of the molecule is C=CC(=O)OCCOC(=O)NCCC(C)(C)CC(C)CNC(=O)OC(C)COC(=O)NCCC(C)(C)CC(C)CNC(=O)NCC(CC)CCCC. The highest BCUT2D eigenvalue weighted by Gasteiger charge is 2.24. The van der Waals surface area contributed by atoms with E-state index in [4.69, 9.17) is 18.9 Å². The van der Waals surface area contributed by atoms with Gasteiger partial charge in [0.1, 0.15) is 25.9 Å². The molecule has 0 heterocycles. The fourth-order valence-electron chi connectivity index (χ4n) is 5.90. The Morgan fingerprint density at radius 2 is 1.21 bits per heavy atom. The van der Waals surface area contributed by atoms with Crippen molar-refractivity contribution >= 4 is 30.3 Å². The lowest BCUT2D eigenvalue weighted by atomic mass is 9.80. The molecule has 0 rings (SSSR count). The minimum Gasteiger partial charge on any atom is -0.459 e. The second-order valence-electron chi connectivity index (χ2n) is 15.5. The highest BCUT2D eigenvalue weighted by Crippen LogP contribution is 2.29. The summed E-state index contributed by atoms with van der Waals surface area (Å²) in [6.07, 6.45) is 6.26. The van der Waals surface area contributed by atoms with Gasteiger partial charge in [0.05, 0.1) is 0 Å². The van der Waals surface area contributed by atoms with Crippen LogP contribution < -0.4 is 26.6 Å². The number of nitrogens with one attached hydrogen (secondary N) is 5. The molecule has 302 valence electrons. The van der Waals surface area contributed by atoms with Gasteiger partial charge in [-0.05, 0) is 67.6 Å². The molecule has 0 aliphatic heterocycles. The molecule has 0 aromatic rings. The fourth-order valence-corrected chi connectivity index (χ4v) is 5.90. The van der Waals surface area contributed by atoms with Crippen molar-refractivity contribution in [3.05, 3.63) is 12.7 Å². The van der Waals surface area contributed by atoms with Crippen LogP contribution in [0.3, 0.4) is 0 Å². The predicted octanol–water partition coefficient (Wildman–Crippen LogP) is 6.68. The van der Waals surface area contributed by atoms with E-state index in [0.29, 0.717) is 45.1 Å². The van der Waals surface area contributed by atoms with E-state index < -0.39 is 30.4 Å². The summed E-state index contributed by atoms with van der Waals surface area (Å²) in [4.78, 5) is 59.7. The molecule has 52 heavy (non-hydrogen) atoms. The number of esters is 1. The molecule has 0 aromatic heterocycles. The van der Waals surface area contributed by atoms with Crippen LogP contribution in [-0.4, -0.2) is 88.9 Å². The third-order valence-corrected chi connectivity index (χ3v) is 8.73. The van der Waals surface area contributed by atoms with Gasteiger partial charge in [-0.1, -0.05) is 81.2 Å². The zero-order chi connectivity index (χ0) is 39.6. The molecule has 0 aliphatic rings. The number of hydrogen-bond acceptors (Lipinski definition) is 9. The van der Waals surface area contributed by atoms with Gasteiger partial charge in [0.25, 0.3) is 0 Å². The van der Waals surface area contributed by atoms with E-state index in [9.17, 15) is 24.0 Å². The number of carbonyl (C=O) groups excluding carboxylic acids is 5. The van der Waals surface area contributed by atoms with E-state index in [0.717, 1.165) is 44.6 Å². The fraction of sp³-hybridized carbons (Fsp3) is 0.816. The van der Waals surface area contributed by atoms with Crippen molar-refractivity contribution in [2.75, 3.05) is 52.5 Å². The highest BCUT2D eigenvalue weighted by molar-refractivity contribution is 5.81. The van der Waals surface area contributed by atoms with E-state index in [2.05, 4.69) is 81.6 Å². The van der Waals surface area contributed by atoms with Crippen LogP contribution in [-0.2, 0) is 23.7 Å². The molecule has 0 fully saturated rings. The summed E-state index contributed by atoms with van der Waals surface area (Å²) in [7, 11) is 0. The smallest absolute Gasteiger partial charge is 0.407 e. The first-order valence-electron chi connectivity index (χ1n) is 19.0. The Morgan fingerprint density at radius 1 is 0.692 bits per heavy atom. The van der Waals surface area contributed by atoms with Crippen LogP contribution >= 0.6 is 0 Å². The summed E-state index contributed by atoms with van der Waals surface area (Å²) in [5.74, 6) is 0.336. The molecule has 0 saturated heterocycles. The van der Waals surface area contributed by atoms with Crippen molar-refractivity contribution in [3.63, 3.8) is 0 Å². The first kappa shape index (κ1) is 48.3. The van der Waals surface area contributed by atoms with Crippen molar-refractivity contribution in [2.45, 2.75) is 120 Å². The standard InChI is InChI=1S/C38H71N5O9/c1-11-14-15-31(12-2)26-42-33(45)41-24-28(4)22-37(7,8)17-19-40-35(47)51-27-30(6)52-36(48)43-25-29(5)23-38(9,10)16-18-39-34(46)50-21-20-49-32(44)13-3/h13,28-31H,3,11-12,14-27H2,1-2,4-10H3,(H,39,46)(H,40,47)(H,43,48)(H2,41,42,45). The van der Waals surface area contributed by atoms with Crippen LogP contribution in [0.5, 0.6) is 0 Å². The molecule has 0 spiro atoms. The van der Waals surface area contributed by atoms with Crippen LogP contribution in [0.1, 0.15) is 114 Å². The summed E-state index contributed by atoms with van der Waals surface area (Å²) < 4.78 is 20.3. The van der Waals surface area contributed by atoms with E-state index in [1.54, 1.807) is 6.92 Å². The van der Waals surface area contributed by atoms with Gasteiger partial charge in [-0.15, -0.1) is 0 Å². The summed E-state index contributed by atoms with van der Waals surface area (Å²) in [5, 5.41) is 14.2. The maximum atomic E-state index is 12.3. The minimum absolute atomic E-state index is 0.0425. The number of amides is 5. The molecule has 0 aromatic carbocycles. The van der Waals surface area contributed by atoms with Gasteiger partial charge in [-0.3, -0.25) is 0 Å². The number of unbranched alkanes of at least 4 members (excludes halogenated alkanes) is 1. The second-order valence-corrected chi connectivity index (χ2v) is 15.5.